The van der Waals surface area contributed by atoms with Crippen LogP contribution in [0, 0.1) is 0 Å². The molecule has 1 rings (SSSR count). The van der Waals surface area contributed by atoms with Gasteiger partial charge in [0.15, 0.2) is 0 Å². The Morgan fingerprint density at radius 3 is 2.00 bits per heavy atom. The topological polar surface area (TPSA) is 3.24 Å². The molecule has 0 unspecified atom stereocenters. The highest BCUT2D eigenvalue weighted by molar-refractivity contribution is 5.47. The number of hydrogen-bond donors (Lipinski definition) is 0. The Balaban J connectivity index is 2.53. The Kier molecular flexibility index (Phi) is 5.99. The summed E-state index contributed by atoms with van der Waals surface area (Å²) in [6, 6.07) is 9.08. The van der Waals surface area contributed by atoms with Crippen LogP contribution in [-0.4, -0.2) is 13.1 Å². The van der Waals surface area contributed by atoms with E-state index in [-0.39, 0.29) is 0 Å². The first-order chi connectivity index (χ1) is 7.81. The Labute approximate surface area is 100 Å². The Hall–Kier alpha value is -0.980. The van der Waals surface area contributed by atoms with Gasteiger partial charge in [-0.2, -0.15) is 0 Å². The molecule has 0 N–H and O–H groups in total. The van der Waals surface area contributed by atoms with Gasteiger partial charge in [0.2, 0.25) is 0 Å². The van der Waals surface area contributed by atoms with E-state index in [0.717, 1.165) is 13.1 Å². The molecule has 0 aliphatic heterocycles. The summed E-state index contributed by atoms with van der Waals surface area (Å²) in [6.45, 7) is 8.85. The van der Waals surface area contributed by atoms with Gasteiger partial charge >= 0.3 is 0 Å². The molecular formula is C15H25N. The monoisotopic (exact) mass is 219 g/mol. The first-order valence-corrected chi connectivity index (χ1v) is 6.65. The maximum Gasteiger partial charge on any atom is 0.0366 e. The fraction of sp³-hybridized carbons (Fsp3) is 0.600. The lowest BCUT2D eigenvalue weighted by molar-refractivity contribution is 0.717. The van der Waals surface area contributed by atoms with Crippen LogP contribution in [-0.2, 0) is 6.42 Å². The largest absolute Gasteiger partial charge is 0.372 e. The van der Waals surface area contributed by atoms with Crippen molar-refractivity contribution < 1.29 is 0 Å². The minimum atomic E-state index is 1.09. The van der Waals surface area contributed by atoms with E-state index in [4.69, 9.17) is 0 Å². The molecule has 0 spiro atoms. The summed E-state index contributed by atoms with van der Waals surface area (Å²) >= 11 is 0. The summed E-state index contributed by atoms with van der Waals surface area (Å²) in [5, 5.41) is 0. The van der Waals surface area contributed by atoms with Crippen LogP contribution in [0.25, 0.3) is 0 Å². The first kappa shape index (κ1) is 13.1. The standard InChI is InChI=1S/C15H25N/c1-4-7-8-9-14-10-12-15(13-11-14)16(5-2)6-3/h10-13H,4-9H2,1-3H3. The predicted molar refractivity (Wildman–Crippen MR) is 73.2 cm³/mol. The van der Waals surface area contributed by atoms with Crippen LogP contribution in [0.3, 0.4) is 0 Å². The van der Waals surface area contributed by atoms with Gasteiger partial charge in [-0.15, -0.1) is 0 Å². The van der Waals surface area contributed by atoms with Crippen molar-refractivity contribution in [2.24, 2.45) is 0 Å². The zero-order chi connectivity index (χ0) is 11.8. The van der Waals surface area contributed by atoms with Crippen LogP contribution < -0.4 is 4.90 Å². The Bertz CT molecular complexity index is 272. The second kappa shape index (κ2) is 7.32. The van der Waals surface area contributed by atoms with Gasteiger partial charge in [0.05, 0.1) is 0 Å². The van der Waals surface area contributed by atoms with Gasteiger partial charge in [-0.05, 0) is 44.4 Å². The second-order valence-electron chi connectivity index (χ2n) is 4.30. The lowest BCUT2D eigenvalue weighted by Crippen LogP contribution is -2.21. The molecule has 0 aromatic heterocycles. The molecule has 0 heterocycles. The van der Waals surface area contributed by atoms with Gasteiger partial charge < -0.3 is 4.90 Å². The van der Waals surface area contributed by atoms with Crippen molar-refractivity contribution in [3.63, 3.8) is 0 Å². The quantitative estimate of drug-likeness (QED) is 0.619. The molecule has 0 aliphatic carbocycles. The van der Waals surface area contributed by atoms with Crippen LogP contribution in [0.15, 0.2) is 24.3 Å². The van der Waals surface area contributed by atoms with Gasteiger partial charge in [-0.1, -0.05) is 31.9 Å². The lowest BCUT2D eigenvalue weighted by atomic mass is 10.1. The van der Waals surface area contributed by atoms with Gasteiger partial charge in [0, 0.05) is 18.8 Å². The van der Waals surface area contributed by atoms with Gasteiger partial charge in [-0.25, -0.2) is 0 Å². The molecule has 0 fully saturated rings. The average Bonchev–Trinajstić information content (AvgIpc) is 2.33. The maximum atomic E-state index is 2.38. The molecule has 1 nitrogen and oxygen atoms in total. The van der Waals surface area contributed by atoms with Gasteiger partial charge in [0.1, 0.15) is 0 Å². The van der Waals surface area contributed by atoms with E-state index in [1.54, 1.807) is 0 Å². The van der Waals surface area contributed by atoms with Crippen LogP contribution in [0.1, 0.15) is 45.6 Å². The summed E-state index contributed by atoms with van der Waals surface area (Å²) in [5.74, 6) is 0. The first-order valence-electron chi connectivity index (χ1n) is 6.65. The molecule has 0 radical (unpaired) electrons. The highest BCUT2D eigenvalue weighted by atomic mass is 15.1. The minimum absolute atomic E-state index is 1.09. The molecule has 1 heteroatoms. The summed E-state index contributed by atoms with van der Waals surface area (Å²) in [6.07, 6.45) is 5.20. The molecule has 16 heavy (non-hydrogen) atoms. The molecule has 90 valence electrons. The number of hydrogen-bond acceptors (Lipinski definition) is 1. The average molecular weight is 219 g/mol. The third kappa shape index (κ3) is 3.88. The van der Waals surface area contributed by atoms with Crippen molar-refractivity contribution in [3.8, 4) is 0 Å². The Morgan fingerprint density at radius 2 is 1.50 bits per heavy atom. The molecule has 0 atom stereocenters. The summed E-state index contributed by atoms with van der Waals surface area (Å²) in [4.78, 5) is 2.38. The van der Waals surface area contributed by atoms with E-state index in [1.807, 2.05) is 0 Å². The fourth-order valence-corrected chi connectivity index (χ4v) is 2.04. The fourth-order valence-electron chi connectivity index (χ4n) is 2.04. The van der Waals surface area contributed by atoms with E-state index in [2.05, 4.69) is 49.9 Å². The minimum Gasteiger partial charge on any atom is -0.372 e. The SMILES string of the molecule is CCCCCc1ccc(N(CC)CC)cc1. The highest BCUT2D eigenvalue weighted by Gasteiger charge is 2.00. The van der Waals surface area contributed by atoms with Crippen molar-refractivity contribution in [3.05, 3.63) is 29.8 Å². The van der Waals surface area contributed by atoms with Crippen molar-refractivity contribution in [2.45, 2.75) is 46.5 Å². The molecular weight excluding hydrogens is 194 g/mol. The second-order valence-corrected chi connectivity index (χ2v) is 4.30. The number of benzene rings is 1. The number of unbranched alkanes of at least 4 members (excludes halogenated alkanes) is 2. The zero-order valence-electron chi connectivity index (χ0n) is 11.0. The van der Waals surface area contributed by atoms with E-state index >= 15 is 0 Å². The summed E-state index contributed by atoms with van der Waals surface area (Å²) in [5.41, 5.74) is 2.83. The van der Waals surface area contributed by atoms with E-state index in [1.165, 1.54) is 36.9 Å². The molecule has 0 aliphatic rings. The molecule has 0 saturated carbocycles. The van der Waals surface area contributed by atoms with Crippen LogP contribution >= 0.6 is 0 Å². The molecule has 0 saturated heterocycles. The van der Waals surface area contributed by atoms with Crippen LogP contribution in [0.4, 0.5) is 5.69 Å². The van der Waals surface area contributed by atoms with Gasteiger partial charge in [0.25, 0.3) is 0 Å². The number of nitrogens with zero attached hydrogens (tertiary/aromatic N) is 1. The maximum absolute atomic E-state index is 2.38. The summed E-state index contributed by atoms with van der Waals surface area (Å²) < 4.78 is 0. The number of aryl methyl sites for hydroxylation is 1. The third-order valence-electron chi connectivity index (χ3n) is 3.13. The smallest absolute Gasteiger partial charge is 0.0366 e. The Morgan fingerprint density at radius 1 is 0.875 bits per heavy atom. The van der Waals surface area contributed by atoms with Crippen LogP contribution in [0.2, 0.25) is 0 Å². The highest BCUT2D eigenvalue weighted by Crippen LogP contribution is 2.16. The zero-order valence-corrected chi connectivity index (χ0v) is 11.0. The van der Waals surface area contributed by atoms with E-state index in [0.29, 0.717) is 0 Å². The van der Waals surface area contributed by atoms with Gasteiger partial charge in [-0.3, -0.25) is 0 Å². The van der Waals surface area contributed by atoms with Crippen molar-refractivity contribution in [1.82, 2.24) is 0 Å². The van der Waals surface area contributed by atoms with Crippen molar-refractivity contribution in [2.75, 3.05) is 18.0 Å². The molecule has 1 aromatic rings. The number of anilines is 1. The normalized spacial score (nSPS) is 10.4. The lowest BCUT2D eigenvalue weighted by Gasteiger charge is -2.21. The summed E-state index contributed by atoms with van der Waals surface area (Å²) in [7, 11) is 0. The van der Waals surface area contributed by atoms with Crippen molar-refractivity contribution >= 4 is 5.69 Å². The third-order valence-corrected chi connectivity index (χ3v) is 3.13. The predicted octanol–water partition coefficient (Wildman–Crippen LogP) is 4.27. The molecule has 0 bridgehead atoms. The van der Waals surface area contributed by atoms with Crippen molar-refractivity contribution in [1.29, 1.82) is 0 Å². The van der Waals surface area contributed by atoms with Crippen LogP contribution in [0.5, 0.6) is 0 Å². The van der Waals surface area contributed by atoms with E-state index in [9.17, 15) is 0 Å². The molecule has 0 amide bonds. The molecule has 1 aromatic carbocycles. The van der Waals surface area contributed by atoms with E-state index < -0.39 is 0 Å². The number of rotatable bonds is 7.